The summed E-state index contributed by atoms with van der Waals surface area (Å²) in [6, 6.07) is 18.1. The molecule has 69 heavy (non-hydrogen) atoms. The molecule has 3 fully saturated rings. The predicted molar refractivity (Wildman–Crippen MR) is 259 cm³/mol. The number of piperidine rings is 1. The number of methoxy groups -OCH3 is 4. The first-order valence-electron chi connectivity index (χ1n) is 24.4. The molecule has 1 aromatic heterocycles. The van der Waals surface area contributed by atoms with E-state index in [1.807, 2.05) is 61.3 Å². The molecule has 6 aliphatic rings. The zero-order chi connectivity index (χ0) is 48.8. The summed E-state index contributed by atoms with van der Waals surface area (Å²) in [6.07, 6.45) is 5.90. The largest absolute Gasteiger partial charge is 0.496 e. The van der Waals surface area contributed by atoms with Crippen LogP contribution in [0.5, 0.6) is 11.5 Å². The van der Waals surface area contributed by atoms with Gasteiger partial charge >= 0.3 is 17.9 Å². The predicted octanol–water partition coefficient (Wildman–Crippen LogP) is 5.44. The van der Waals surface area contributed by atoms with Crippen LogP contribution in [0.2, 0.25) is 0 Å². The van der Waals surface area contributed by atoms with Gasteiger partial charge in [0.2, 0.25) is 5.60 Å². The van der Waals surface area contributed by atoms with Crippen molar-refractivity contribution in [1.29, 1.82) is 0 Å². The van der Waals surface area contributed by atoms with Gasteiger partial charge in [0, 0.05) is 90.9 Å². The molecule has 10 atom stereocenters. The molecular formula is C54H65N5O10. The first-order chi connectivity index (χ1) is 33.2. The Morgan fingerprint density at radius 2 is 1.61 bits per heavy atom. The summed E-state index contributed by atoms with van der Waals surface area (Å²) in [7, 11) is 7.71. The molecule has 1 unspecified atom stereocenters. The SMILES string of the molecule is CC[C@]1(NC(=O)c2ccccc2OC)C[C@H]2CN(CCc3c([nH]c4ccccc34)[C@@](C(=O)OC)(c3cc4c(cc3OC)N(C)[C@H]3[C@@](O)(C(=O)OC)[C@H](OC(C)=O)[C@]5(CC)C=CCN6CC[C@]43[C@@H]65)C2)C1. The van der Waals surface area contributed by atoms with Gasteiger partial charge in [-0.1, -0.05) is 56.3 Å². The number of aromatic amines is 1. The number of para-hydroxylation sites is 2. The second-order valence-corrected chi connectivity index (χ2v) is 20.4. The molecule has 3 aromatic carbocycles. The number of anilines is 1. The van der Waals surface area contributed by atoms with Crippen LogP contribution in [0.3, 0.4) is 0 Å². The van der Waals surface area contributed by atoms with E-state index in [0.717, 1.165) is 33.4 Å². The Morgan fingerprint density at radius 3 is 2.32 bits per heavy atom. The minimum atomic E-state index is -2.34. The number of carbonyl (C=O) groups excluding carboxylic acids is 4. The third-order valence-electron chi connectivity index (χ3n) is 17.4. The van der Waals surface area contributed by atoms with E-state index in [2.05, 4.69) is 45.2 Å². The van der Waals surface area contributed by atoms with E-state index in [4.69, 9.17) is 23.7 Å². The van der Waals surface area contributed by atoms with Gasteiger partial charge in [-0.05, 0) is 86.4 Å². The van der Waals surface area contributed by atoms with Crippen LogP contribution in [-0.4, -0.2) is 141 Å². The summed E-state index contributed by atoms with van der Waals surface area (Å²) in [5.41, 5.74) is -1.23. The fraction of sp³-hybridized carbons (Fsp3) is 0.519. The number of aromatic nitrogens is 1. The first kappa shape index (κ1) is 46.8. The lowest BCUT2D eigenvalue weighted by atomic mass is 9.47. The van der Waals surface area contributed by atoms with E-state index in [0.29, 0.717) is 93.9 Å². The molecule has 2 bridgehead atoms. The highest BCUT2D eigenvalue weighted by Crippen LogP contribution is 2.68. The zero-order valence-electron chi connectivity index (χ0n) is 41.0. The number of benzene rings is 3. The Hall–Kier alpha value is -5.90. The van der Waals surface area contributed by atoms with E-state index in [1.54, 1.807) is 26.4 Å². The van der Waals surface area contributed by atoms with Gasteiger partial charge in [-0.15, -0.1) is 0 Å². The lowest BCUT2D eigenvalue weighted by Crippen LogP contribution is -2.81. The van der Waals surface area contributed by atoms with Crippen molar-refractivity contribution in [3.63, 3.8) is 0 Å². The Bertz CT molecular complexity index is 2770. The molecule has 4 aromatic rings. The number of aliphatic hydroxyl groups is 1. The zero-order valence-corrected chi connectivity index (χ0v) is 41.0. The van der Waals surface area contributed by atoms with Gasteiger partial charge in [0.25, 0.3) is 5.91 Å². The van der Waals surface area contributed by atoms with Crippen molar-refractivity contribution in [2.24, 2.45) is 11.3 Å². The monoisotopic (exact) mass is 943 g/mol. The van der Waals surface area contributed by atoms with Crippen molar-refractivity contribution in [1.82, 2.24) is 20.1 Å². The quantitative estimate of drug-likeness (QED) is 0.105. The van der Waals surface area contributed by atoms with E-state index in [1.165, 1.54) is 21.1 Å². The van der Waals surface area contributed by atoms with Gasteiger partial charge in [0.1, 0.15) is 16.9 Å². The molecule has 15 nitrogen and oxygen atoms in total. The van der Waals surface area contributed by atoms with Crippen LogP contribution in [0.1, 0.15) is 85.6 Å². The number of rotatable bonds is 10. The van der Waals surface area contributed by atoms with Crippen LogP contribution in [0, 0.1) is 11.3 Å². The van der Waals surface area contributed by atoms with E-state index < -0.39 is 57.4 Å². The van der Waals surface area contributed by atoms with Gasteiger partial charge < -0.3 is 48.9 Å². The Balaban J connectivity index is 1.21. The van der Waals surface area contributed by atoms with E-state index in [-0.39, 0.29) is 17.9 Å². The second kappa shape index (κ2) is 16.9. The summed E-state index contributed by atoms with van der Waals surface area (Å²) in [5, 5.41) is 18.0. The number of nitrogens with one attached hydrogen (secondary N) is 2. The van der Waals surface area contributed by atoms with Crippen LogP contribution >= 0.6 is 0 Å². The fourth-order valence-electron chi connectivity index (χ4n) is 14.9. The number of amides is 1. The summed E-state index contributed by atoms with van der Waals surface area (Å²) in [5.74, 6) is -1.42. The smallest absolute Gasteiger partial charge is 0.344 e. The van der Waals surface area contributed by atoms with E-state index >= 15 is 4.79 Å². The highest BCUT2D eigenvalue weighted by Gasteiger charge is 2.80. The minimum absolute atomic E-state index is 0.151. The normalized spacial score (nSPS) is 33.1. The highest BCUT2D eigenvalue weighted by molar-refractivity contribution is 5.98. The van der Waals surface area contributed by atoms with Gasteiger partial charge in [0.05, 0.1) is 45.6 Å². The molecule has 1 saturated carbocycles. The van der Waals surface area contributed by atoms with Crippen molar-refractivity contribution in [3.8, 4) is 11.5 Å². The number of H-pyrrole nitrogens is 1. The van der Waals surface area contributed by atoms with Gasteiger partial charge in [-0.25, -0.2) is 4.79 Å². The summed E-state index contributed by atoms with van der Waals surface area (Å²) >= 11 is 0. The lowest BCUT2D eigenvalue weighted by molar-refractivity contribution is -0.228. The van der Waals surface area contributed by atoms with Gasteiger partial charge in [0.15, 0.2) is 6.10 Å². The lowest BCUT2D eigenvalue weighted by Gasteiger charge is -2.63. The number of likely N-dealkylation sites (N-methyl/N-ethyl adjacent to an activating group) is 1. The third-order valence-corrected chi connectivity index (χ3v) is 17.4. The number of nitrogens with zero attached hydrogens (tertiary/aromatic N) is 3. The molecule has 5 aliphatic heterocycles. The number of esters is 3. The maximum Gasteiger partial charge on any atom is 0.344 e. The average Bonchev–Trinajstić information content (AvgIpc) is 4.02. The van der Waals surface area contributed by atoms with Crippen molar-refractivity contribution in [2.45, 2.75) is 99.5 Å². The fourth-order valence-corrected chi connectivity index (χ4v) is 14.9. The standard InChI is InChI=1S/C54H65N5O10/c1-9-50(56-44(61)36-17-12-14-19-41(36)65-5)28-33-29-53(48(62)67-7,43-35(20-24-58(30-33)31-50)34-16-11-13-18-39(34)55-43)38-26-37-40(27-42(38)66-6)57(4)46-52(37)22-25-59-23-15-21-51(10-2,45(52)59)47(69-32(3)60)54(46,64)49(63)68-8/h11-19,21,26-27,33,45-47,55,64H,9-10,20,22-25,28-31H2,1-8H3,(H,56,61)/t33-,45+,46-,47-,50+,51-,52-,53+,54+/m1/s1. The molecule has 2 saturated heterocycles. The molecule has 1 spiro atoms. The summed E-state index contributed by atoms with van der Waals surface area (Å²) in [6.45, 7) is 8.64. The molecular weight excluding hydrogens is 879 g/mol. The van der Waals surface area contributed by atoms with Crippen LogP contribution in [0.15, 0.2) is 72.8 Å². The summed E-state index contributed by atoms with van der Waals surface area (Å²) in [4.78, 5) is 68.3. The number of hydrogen-bond donors (Lipinski definition) is 3. The molecule has 1 amide bonds. The third kappa shape index (κ3) is 6.48. The topological polar surface area (TPSA) is 172 Å². The number of fused-ring (bicyclic) bond motifs is 6. The van der Waals surface area contributed by atoms with Gasteiger partial charge in [-0.3, -0.25) is 19.3 Å². The molecule has 10 rings (SSSR count). The number of hydrogen-bond acceptors (Lipinski definition) is 13. The molecule has 366 valence electrons. The maximum atomic E-state index is 15.7. The molecule has 15 heteroatoms. The van der Waals surface area contributed by atoms with Crippen molar-refractivity contribution >= 4 is 40.4 Å². The molecule has 3 N–H and O–H groups in total. The molecule has 1 aliphatic carbocycles. The van der Waals surface area contributed by atoms with Crippen LogP contribution in [0.4, 0.5) is 5.69 Å². The van der Waals surface area contributed by atoms with Crippen LogP contribution in [0.25, 0.3) is 10.9 Å². The van der Waals surface area contributed by atoms with Crippen molar-refractivity contribution < 1.29 is 48.0 Å². The average molecular weight is 944 g/mol. The Labute approximate surface area is 403 Å². The van der Waals surface area contributed by atoms with Crippen LogP contribution < -0.4 is 19.7 Å². The van der Waals surface area contributed by atoms with Crippen LogP contribution in [-0.2, 0) is 45.8 Å². The number of carbonyl (C=O) groups is 4. The summed E-state index contributed by atoms with van der Waals surface area (Å²) < 4.78 is 29.9. The van der Waals surface area contributed by atoms with Gasteiger partial charge in [-0.2, -0.15) is 0 Å². The second-order valence-electron chi connectivity index (χ2n) is 20.4. The van der Waals surface area contributed by atoms with Crippen molar-refractivity contribution in [2.75, 3.05) is 73.1 Å². The number of ether oxygens (including phenoxy) is 5. The highest BCUT2D eigenvalue weighted by atomic mass is 16.6. The van der Waals surface area contributed by atoms with E-state index in [9.17, 15) is 19.5 Å². The Kier molecular flexibility index (Phi) is 11.5. The minimum Gasteiger partial charge on any atom is -0.496 e. The first-order valence-corrected chi connectivity index (χ1v) is 24.4. The molecule has 0 radical (unpaired) electrons. The van der Waals surface area contributed by atoms with Crippen molar-refractivity contribution in [3.05, 3.63) is 101 Å². The maximum absolute atomic E-state index is 15.7. The Morgan fingerprint density at radius 1 is 0.870 bits per heavy atom. The molecule has 6 heterocycles.